The van der Waals surface area contributed by atoms with Crippen LogP contribution >= 0.6 is 0 Å². The van der Waals surface area contributed by atoms with Crippen molar-refractivity contribution in [2.45, 2.75) is 25.4 Å². The number of ether oxygens (including phenoxy) is 1. The second-order valence-electron chi connectivity index (χ2n) is 8.00. The van der Waals surface area contributed by atoms with Crippen molar-refractivity contribution in [1.82, 2.24) is 14.8 Å². The molecule has 6 nitrogen and oxygen atoms in total. The van der Waals surface area contributed by atoms with Gasteiger partial charge >= 0.3 is 0 Å². The molecule has 160 valence electrons. The molecule has 2 atom stereocenters. The van der Waals surface area contributed by atoms with Crippen molar-refractivity contribution in [1.29, 1.82) is 0 Å². The number of anilines is 1. The Bertz CT molecular complexity index is 1230. The molecular weight excluding hydrogens is 400 g/mol. The lowest BCUT2D eigenvalue weighted by Crippen LogP contribution is -2.42. The molecule has 0 N–H and O–H groups in total. The number of carbonyl (C=O) groups is 1. The summed E-state index contributed by atoms with van der Waals surface area (Å²) in [7, 11) is 1.66. The summed E-state index contributed by atoms with van der Waals surface area (Å²) in [6.07, 6.45) is 2.21. The van der Waals surface area contributed by atoms with Crippen molar-refractivity contribution >= 4 is 11.9 Å². The van der Waals surface area contributed by atoms with Crippen molar-refractivity contribution in [3.63, 3.8) is 0 Å². The summed E-state index contributed by atoms with van der Waals surface area (Å²) in [6, 6.07) is 25.6. The van der Waals surface area contributed by atoms with Gasteiger partial charge in [-0.15, -0.1) is 0 Å². The Morgan fingerprint density at radius 2 is 1.69 bits per heavy atom. The first-order valence-electron chi connectivity index (χ1n) is 10.6. The Hall–Kier alpha value is -3.93. The third-order valence-electron chi connectivity index (χ3n) is 5.99. The zero-order valence-electron chi connectivity index (χ0n) is 18.1. The highest BCUT2D eigenvalue weighted by atomic mass is 16.5. The molecule has 4 aromatic rings. The number of aryl methyl sites for hydroxylation is 1. The highest BCUT2D eigenvalue weighted by Crippen LogP contribution is 2.42. The lowest BCUT2D eigenvalue weighted by atomic mass is 9.91. The Morgan fingerprint density at radius 1 is 0.938 bits per heavy atom. The molecule has 0 saturated heterocycles. The molecule has 1 aliphatic heterocycles. The van der Waals surface area contributed by atoms with Crippen LogP contribution in [0.15, 0.2) is 85.2 Å². The van der Waals surface area contributed by atoms with Crippen molar-refractivity contribution in [3.05, 3.63) is 107 Å². The number of aromatic nitrogens is 3. The quantitative estimate of drug-likeness (QED) is 0.464. The van der Waals surface area contributed by atoms with E-state index in [-0.39, 0.29) is 18.0 Å². The fourth-order valence-electron chi connectivity index (χ4n) is 4.41. The van der Waals surface area contributed by atoms with E-state index in [1.54, 1.807) is 12.0 Å². The molecule has 32 heavy (non-hydrogen) atoms. The van der Waals surface area contributed by atoms with Crippen LogP contribution in [-0.2, 0) is 0 Å². The lowest BCUT2D eigenvalue weighted by Gasteiger charge is -2.39. The van der Waals surface area contributed by atoms with Gasteiger partial charge in [-0.2, -0.15) is 10.1 Å². The largest absolute Gasteiger partial charge is 0.497 e. The standard InChI is InChI=1S/C26H24N4O2/c1-18-7-6-10-21(15-18)25(31)29-23(19-8-4-3-5-9-19)16-24(30-26(29)27-17-28-30)20-11-13-22(32-2)14-12-20/h3-15,17,23-24H,16H2,1-2H3/t23-,24+/m1/s1. The SMILES string of the molecule is COc1ccc([C@@H]2C[C@H](c3ccccc3)N(C(=O)c3cccc(C)c3)c3ncnn32)cc1. The van der Waals surface area contributed by atoms with Gasteiger partial charge in [0.15, 0.2) is 0 Å². The van der Waals surface area contributed by atoms with Crippen molar-refractivity contribution in [2.24, 2.45) is 0 Å². The van der Waals surface area contributed by atoms with E-state index in [1.807, 2.05) is 66.2 Å². The Kier molecular flexibility index (Phi) is 5.19. The van der Waals surface area contributed by atoms with Gasteiger partial charge < -0.3 is 4.74 Å². The Labute approximate surface area is 187 Å². The monoisotopic (exact) mass is 424 g/mol. The first-order valence-corrected chi connectivity index (χ1v) is 10.6. The number of carbonyl (C=O) groups excluding carboxylic acids is 1. The Morgan fingerprint density at radius 3 is 2.41 bits per heavy atom. The molecular formula is C26H24N4O2. The first kappa shape index (κ1) is 20.0. The zero-order valence-corrected chi connectivity index (χ0v) is 18.1. The van der Waals surface area contributed by atoms with Crippen LogP contribution in [0.1, 0.15) is 45.6 Å². The molecule has 0 fully saturated rings. The summed E-state index contributed by atoms with van der Waals surface area (Å²) in [5.41, 5.74) is 3.85. The molecule has 1 aliphatic rings. The minimum absolute atomic E-state index is 0.0508. The molecule has 0 saturated carbocycles. The minimum atomic E-state index is -0.173. The molecule has 1 aromatic heterocycles. The highest BCUT2D eigenvalue weighted by molar-refractivity contribution is 6.06. The second-order valence-corrected chi connectivity index (χ2v) is 8.00. The predicted molar refractivity (Wildman–Crippen MR) is 123 cm³/mol. The molecule has 0 aliphatic carbocycles. The van der Waals surface area contributed by atoms with Crippen LogP contribution in [0.2, 0.25) is 0 Å². The van der Waals surface area contributed by atoms with Gasteiger partial charge in [-0.05, 0) is 48.7 Å². The number of rotatable bonds is 4. The summed E-state index contributed by atoms with van der Waals surface area (Å²) in [4.78, 5) is 20.1. The Balaban J connectivity index is 1.63. The summed E-state index contributed by atoms with van der Waals surface area (Å²) >= 11 is 0. The summed E-state index contributed by atoms with van der Waals surface area (Å²) < 4.78 is 7.18. The summed E-state index contributed by atoms with van der Waals surface area (Å²) in [5, 5.41) is 4.51. The zero-order chi connectivity index (χ0) is 22.1. The van der Waals surface area contributed by atoms with E-state index in [4.69, 9.17) is 4.74 Å². The van der Waals surface area contributed by atoms with Gasteiger partial charge in [0, 0.05) is 5.56 Å². The number of methoxy groups -OCH3 is 1. The van der Waals surface area contributed by atoms with E-state index in [9.17, 15) is 4.79 Å². The molecule has 1 amide bonds. The van der Waals surface area contributed by atoms with Crippen LogP contribution in [-0.4, -0.2) is 27.8 Å². The lowest BCUT2D eigenvalue weighted by molar-refractivity contribution is 0.0963. The molecule has 6 heteroatoms. The summed E-state index contributed by atoms with van der Waals surface area (Å²) in [6.45, 7) is 1.99. The van der Waals surface area contributed by atoms with Gasteiger partial charge in [-0.25, -0.2) is 4.68 Å². The average Bonchev–Trinajstić information content (AvgIpc) is 3.33. The van der Waals surface area contributed by atoms with Crippen LogP contribution in [0.25, 0.3) is 0 Å². The van der Waals surface area contributed by atoms with Crippen LogP contribution in [0.4, 0.5) is 5.95 Å². The molecule has 0 radical (unpaired) electrons. The number of nitrogens with zero attached hydrogens (tertiary/aromatic N) is 4. The van der Waals surface area contributed by atoms with E-state index >= 15 is 0 Å². The van der Waals surface area contributed by atoms with Crippen LogP contribution in [0, 0.1) is 6.92 Å². The normalized spacial score (nSPS) is 17.6. The first-order chi connectivity index (χ1) is 15.7. The molecule has 2 heterocycles. The number of benzene rings is 3. The van der Waals surface area contributed by atoms with Crippen LogP contribution in [0.3, 0.4) is 0 Å². The third kappa shape index (κ3) is 3.54. The highest BCUT2D eigenvalue weighted by Gasteiger charge is 2.39. The molecule has 0 unspecified atom stereocenters. The minimum Gasteiger partial charge on any atom is -0.497 e. The molecule has 0 spiro atoms. The topological polar surface area (TPSA) is 60.2 Å². The van der Waals surface area contributed by atoms with Gasteiger partial charge in [0.1, 0.15) is 12.1 Å². The van der Waals surface area contributed by atoms with E-state index in [1.165, 1.54) is 6.33 Å². The van der Waals surface area contributed by atoms with E-state index in [2.05, 4.69) is 34.3 Å². The third-order valence-corrected chi connectivity index (χ3v) is 5.99. The van der Waals surface area contributed by atoms with Crippen molar-refractivity contribution < 1.29 is 9.53 Å². The van der Waals surface area contributed by atoms with Gasteiger partial charge in [0.05, 0.1) is 19.2 Å². The van der Waals surface area contributed by atoms with Crippen LogP contribution < -0.4 is 9.64 Å². The van der Waals surface area contributed by atoms with Crippen molar-refractivity contribution in [2.75, 3.05) is 12.0 Å². The molecule has 5 rings (SSSR count). The van der Waals surface area contributed by atoms with Gasteiger partial charge in [-0.1, -0.05) is 60.2 Å². The van der Waals surface area contributed by atoms with Crippen LogP contribution in [0.5, 0.6) is 5.75 Å². The van der Waals surface area contributed by atoms with E-state index in [0.29, 0.717) is 17.9 Å². The smallest absolute Gasteiger partial charge is 0.261 e. The maximum Gasteiger partial charge on any atom is 0.261 e. The maximum absolute atomic E-state index is 13.8. The molecule has 0 bridgehead atoms. The second kappa shape index (κ2) is 8.30. The number of amides is 1. The van der Waals surface area contributed by atoms with Gasteiger partial charge in [0.25, 0.3) is 5.91 Å². The number of fused-ring (bicyclic) bond motifs is 1. The van der Waals surface area contributed by atoms with Crippen molar-refractivity contribution in [3.8, 4) is 5.75 Å². The number of hydrogen-bond donors (Lipinski definition) is 0. The van der Waals surface area contributed by atoms with E-state index < -0.39 is 0 Å². The predicted octanol–water partition coefficient (Wildman–Crippen LogP) is 4.98. The fourth-order valence-corrected chi connectivity index (χ4v) is 4.41. The average molecular weight is 425 g/mol. The molecule has 3 aromatic carbocycles. The van der Waals surface area contributed by atoms with Gasteiger partial charge in [0.2, 0.25) is 5.95 Å². The number of hydrogen-bond acceptors (Lipinski definition) is 4. The maximum atomic E-state index is 13.8. The fraction of sp³-hybridized carbons (Fsp3) is 0.192. The van der Waals surface area contributed by atoms with Gasteiger partial charge in [-0.3, -0.25) is 9.69 Å². The van der Waals surface area contributed by atoms with E-state index in [0.717, 1.165) is 22.4 Å². The summed E-state index contributed by atoms with van der Waals surface area (Å²) in [5.74, 6) is 1.28.